The third-order valence-electron chi connectivity index (χ3n) is 3.13. The predicted molar refractivity (Wildman–Crippen MR) is 65.2 cm³/mol. The van der Waals surface area contributed by atoms with Crippen molar-refractivity contribution in [1.82, 2.24) is 20.4 Å². The van der Waals surface area contributed by atoms with Gasteiger partial charge in [0.05, 0.1) is 5.56 Å². The van der Waals surface area contributed by atoms with E-state index in [0.29, 0.717) is 11.8 Å². The van der Waals surface area contributed by atoms with E-state index in [2.05, 4.69) is 20.4 Å². The molecule has 2 aromatic heterocycles. The van der Waals surface area contributed by atoms with E-state index in [0.717, 1.165) is 37.3 Å². The quantitative estimate of drug-likeness (QED) is 0.822. The first-order chi connectivity index (χ1) is 8.83. The number of nitrogens with zero attached hydrogens (tertiary/aromatic N) is 2. The van der Waals surface area contributed by atoms with E-state index in [-0.39, 0.29) is 5.56 Å². The highest BCUT2D eigenvalue weighted by Gasteiger charge is 2.21. The van der Waals surface area contributed by atoms with Crippen LogP contribution in [0.4, 0.5) is 0 Å². The van der Waals surface area contributed by atoms with Crippen molar-refractivity contribution in [3.05, 3.63) is 34.5 Å². The molecule has 1 saturated heterocycles. The van der Waals surface area contributed by atoms with Gasteiger partial charge >= 0.3 is 0 Å². The zero-order valence-electron chi connectivity index (χ0n) is 9.85. The molecule has 0 radical (unpaired) electrons. The Bertz CT molecular complexity index is 563. The monoisotopic (exact) mass is 246 g/mol. The molecule has 6 nitrogen and oxygen atoms in total. The van der Waals surface area contributed by atoms with Crippen molar-refractivity contribution in [3.63, 3.8) is 0 Å². The lowest BCUT2D eigenvalue weighted by Gasteiger charge is -2.19. The number of rotatable bonds is 2. The minimum atomic E-state index is -0.144. The maximum Gasteiger partial charge on any atom is 0.259 e. The van der Waals surface area contributed by atoms with Gasteiger partial charge in [0.2, 0.25) is 5.56 Å². The number of pyridine rings is 1. The van der Waals surface area contributed by atoms with Gasteiger partial charge < -0.3 is 14.8 Å². The topological polar surface area (TPSA) is 83.8 Å². The Morgan fingerprint density at radius 3 is 3.06 bits per heavy atom. The Morgan fingerprint density at radius 2 is 2.33 bits per heavy atom. The molecule has 0 amide bonds. The molecular weight excluding hydrogens is 232 g/mol. The van der Waals surface area contributed by atoms with Gasteiger partial charge in [-0.05, 0) is 25.5 Å². The summed E-state index contributed by atoms with van der Waals surface area (Å²) in [4.78, 5) is 18.0. The molecule has 0 bridgehead atoms. The van der Waals surface area contributed by atoms with Crippen LogP contribution in [0, 0.1) is 0 Å². The van der Waals surface area contributed by atoms with Crippen LogP contribution in [0.2, 0.25) is 0 Å². The first-order valence-corrected chi connectivity index (χ1v) is 6.06. The van der Waals surface area contributed by atoms with Crippen molar-refractivity contribution in [2.24, 2.45) is 0 Å². The van der Waals surface area contributed by atoms with Crippen LogP contribution in [-0.4, -0.2) is 28.2 Å². The number of aromatic nitrogens is 3. The van der Waals surface area contributed by atoms with Gasteiger partial charge in [-0.2, -0.15) is 4.98 Å². The van der Waals surface area contributed by atoms with E-state index < -0.39 is 0 Å². The molecule has 2 N–H and O–H groups in total. The van der Waals surface area contributed by atoms with Crippen molar-refractivity contribution < 1.29 is 4.52 Å². The van der Waals surface area contributed by atoms with E-state index in [4.69, 9.17) is 4.52 Å². The van der Waals surface area contributed by atoms with Crippen LogP contribution in [0.15, 0.2) is 27.6 Å². The third-order valence-corrected chi connectivity index (χ3v) is 3.13. The fourth-order valence-corrected chi connectivity index (χ4v) is 2.13. The van der Waals surface area contributed by atoms with Gasteiger partial charge in [0.15, 0.2) is 5.82 Å². The molecule has 1 unspecified atom stereocenters. The maximum atomic E-state index is 11.0. The van der Waals surface area contributed by atoms with Crippen LogP contribution >= 0.6 is 0 Å². The molecule has 0 saturated carbocycles. The lowest BCUT2D eigenvalue weighted by atomic mass is 9.99. The van der Waals surface area contributed by atoms with Gasteiger partial charge in [-0.3, -0.25) is 4.79 Å². The first-order valence-electron chi connectivity index (χ1n) is 6.06. The van der Waals surface area contributed by atoms with Gasteiger partial charge in [0.1, 0.15) is 0 Å². The van der Waals surface area contributed by atoms with E-state index in [1.807, 2.05) is 0 Å². The highest BCUT2D eigenvalue weighted by atomic mass is 16.5. The summed E-state index contributed by atoms with van der Waals surface area (Å²) < 4.78 is 5.23. The molecule has 1 aliphatic heterocycles. The average Bonchev–Trinajstić information content (AvgIpc) is 2.90. The standard InChI is InChI=1S/C12H14N4O2/c17-10-4-3-9(7-14-10)12-15-11(16-18-12)8-2-1-5-13-6-8/h3-4,7-8,13H,1-2,5-6H2,(H,14,17). The predicted octanol–water partition coefficient (Wildman–Crippen LogP) is 0.892. The lowest BCUT2D eigenvalue weighted by Crippen LogP contribution is -2.28. The van der Waals surface area contributed by atoms with Crippen molar-refractivity contribution in [1.29, 1.82) is 0 Å². The Balaban J connectivity index is 1.84. The van der Waals surface area contributed by atoms with E-state index in [9.17, 15) is 4.79 Å². The van der Waals surface area contributed by atoms with Crippen LogP contribution in [0.3, 0.4) is 0 Å². The fraction of sp³-hybridized carbons (Fsp3) is 0.417. The van der Waals surface area contributed by atoms with E-state index in [1.165, 1.54) is 6.07 Å². The summed E-state index contributed by atoms with van der Waals surface area (Å²) in [5, 5.41) is 7.34. The summed E-state index contributed by atoms with van der Waals surface area (Å²) in [7, 11) is 0. The summed E-state index contributed by atoms with van der Waals surface area (Å²) in [6, 6.07) is 3.12. The molecule has 3 rings (SSSR count). The summed E-state index contributed by atoms with van der Waals surface area (Å²) in [6.45, 7) is 1.95. The first kappa shape index (κ1) is 11.2. The summed E-state index contributed by atoms with van der Waals surface area (Å²) in [5.74, 6) is 1.51. The third kappa shape index (κ3) is 2.19. The molecule has 6 heteroatoms. The molecule has 3 heterocycles. The molecule has 18 heavy (non-hydrogen) atoms. The number of piperidine rings is 1. The Morgan fingerprint density at radius 1 is 1.39 bits per heavy atom. The van der Waals surface area contributed by atoms with E-state index >= 15 is 0 Å². The summed E-state index contributed by atoms with van der Waals surface area (Å²) in [5.41, 5.74) is 0.590. The zero-order valence-corrected chi connectivity index (χ0v) is 9.85. The normalized spacial score (nSPS) is 19.9. The number of H-pyrrole nitrogens is 1. The molecule has 0 aliphatic carbocycles. The van der Waals surface area contributed by atoms with Crippen LogP contribution in [0.25, 0.3) is 11.5 Å². The SMILES string of the molecule is O=c1ccc(-c2nc(C3CCCNC3)no2)c[nH]1. The molecule has 1 fully saturated rings. The number of aromatic amines is 1. The van der Waals surface area contributed by atoms with Crippen LogP contribution < -0.4 is 10.9 Å². The Kier molecular flexibility index (Phi) is 2.93. The fourth-order valence-electron chi connectivity index (χ4n) is 2.13. The van der Waals surface area contributed by atoms with Gasteiger partial charge in [0, 0.05) is 24.7 Å². The second-order valence-corrected chi connectivity index (χ2v) is 4.44. The zero-order chi connectivity index (χ0) is 12.4. The van der Waals surface area contributed by atoms with Crippen molar-refractivity contribution in [3.8, 4) is 11.5 Å². The van der Waals surface area contributed by atoms with Gasteiger partial charge in [-0.25, -0.2) is 0 Å². The van der Waals surface area contributed by atoms with Crippen molar-refractivity contribution in [2.45, 2.75) is 18.8 Å². The van der Waals surface area contributed by atoms with Gasteiger partial charge in [-0.1, -0.05) is 5.16 Å². The summed E-state index contributed by atoms with van der Waals surface area (Å²) in [6.07, 6.45) is 3.80. The highest BCUT2D eigenvalue weighted by Crippen LogP contribution is 2.23. The molecule has 0 aromatic carbocycles. The van der Waals surface area contributed by atoms with Crippen molar-refractivity contribution in [2.75, 3.05) is 13.1 Å². The largest absolute Gasteiger partial charge is 0.334 e. The van der Waals surface area contributed by atoms with Gasteiger partial charge in [-0.15, -0.1) is 0 Å². The molecule has 0 spiro atoms. The molecular formula is C12H14N4O2. The van der Waals surface area contributed by atoms with Crippen LogP contribution in [0.1, 0.15) is 24.6 Å². The van der Waals surface area contributed by atoms with Crippen LogP contribution in [-0.2, 0) is 0 Å². The number of hydrogen-bond acceptors (Lipinski definition) is 5. The molecule has 94 valence electrons. The van der Waals surface area contributed by atoms with Crippen molar-refractivity contribution >= 4 is 0 Å². The number of nitrogens with one attached hydrogen (secondary N) is 2. The second-order valence-electron chi connectivity index (χ2n) is 4.44. The Hall–Kier alpha value is -1.95. The number of hydrogen-bond donors (Lipinski definition) is 2. The Labute approximate surface area is 103 Å². The minimum absolute atomic E-state index is 0.144. The minimum Gasteiger partial charge on any atom is -0.334 e. The average molecular weight is 246 g/mol. The maximum absolute atomic E-state index is 11.0. The lowest BCUT2D eigenvalue weighted by molar-refractivity contribution is 0.393. The summed E-state index contributed by atoms with van der Waals surface area (Å²) >= 11 is 0. The smallest absolute Gasteiger partial charge is 0.259 e. The second kappa shape index (κ2) is 4.73. The highest BCUT2D eigenvalue weighted by molar-refractivity contribution is 5.50. The van der Waals surface area contributed by atoms with Crippen LogP contribution in [0.5, 0.6) is 0 Å². The molecule has 1 atom stereocenters. The molecule has 1 aliphatic rings. The van der Waals surface area contributed by atoms with E-state index in [1.54, 1.807) is 12.3 Å². The van der Waals surface area contributed by atoms with Gasteiger partial charge in [0.25, 0.3) is 5.89 Å². The molecule has 2 aromatic rings.